The number of nitrogens with zero attached hydrogens (tertiary/aromatic N) is 1. The Morgan fingerprint density at radius 3 is 2.87 bits per heavy atom. The number of unbranched alkanes of at least 4 members (excludes halogenated alkanes) is 2. The van der Waals surface area contributed by atoms with Crippen LogP contribution in [0.15, 0.2) is 0 Å². The molecule has 0 bridgehead atoms. The van der Waals surface area contributed by atoms with Gasteiger partial charge in [0.1, 0.15) is 0 Å². The van der Waals surface area contributed by atoms with E-state index in [-0.39, 0.29) is 0 Å². The predicted octanol–water partition coefficient (Wildman–Crippen LogP) is 1.05. The highest BCUT2D eigenvalue weighted by molar-refractivity contribution is 5.66. The molecule has 0 radical (unpaired) electrons. The molecule has 1 aliphatic rings. The minimum absolute atomic E-state index is 0.305. The minimum Gasteiger partial charge on any atom is -0.481 e. The Balaban J connectivity index is 1.97. The first-order chi connectivity index (χ1) is 7.18. The van der Waals surface area contributed by atoms with Crippen LogP contribution in [0.2, 0.25) is 0 Å². The molecule has 1 aliphatic heterocycles. The van der Waals surface area contributed by atoms with Gasteiger partial charge in [-0.05, 0) is 38.8 Å². The fraction of sp³-hybridized carbons (Fsp3) is 0.909. The van der Waals surface area contributed by atoms with Gasteiger partial charge in [-0.2, -0.15) is 0 Å². The summed E-state index contributed by atoms with van der Waals surface area (Å²) in [6, 6.07) is 0.345. The molecule has 3 N–H and O–H groups in total. The molecule has 0 aromatic rings. The summed E-state index contributed by atoms with van der Waals surface area (Å²) in [6.07, 6.45) is 5.57. The van der Waals surface area contributed by atoms with Gasteiger partial charge in [0.2, 0.25) is 0 Å². The maximum Gasteiger partial charge on any atom is 0.303 e. The van der Waals surface area contributed by atoms with E-state index >= 15 is 0 Å². The number of likely N-dealkylation sites (tertiary alicyclic amines) is 1. The molecule has 0 spiro atoms. The van der Waals surface area contributed by atoms with Crippen molar-refractivity contribution >= 4 is 5.97 Å². The first kappa shape index (κ1) is 12.5. The summed E-state index contributed by atoms with van der Waals surface area (Å²) in [5.41, 5.74) is 5.88. The Labute approximate surface area is 91.4 Å². The van der Waals surface area contributed by atoms with Crippen molar-refractivity contribution in [3.8, 4) is 0 Å². The van der Waals surface area contributed by atoms with Crippen LogP contribution in [0.4, 0.5) is 0 Å². The van der Waals surface area contributed by atoms with E-state index in [1.807, 2.05) is 0 Å². The van der Waals surface area contributed by atoms with Crippen molar-refractivity contribution in [3.63, 3.8) is 0 Å². The fourth-order valence-electron chi connectivity index (χ4n) is 2.08. The number of nitrogens with two attached hydrogens (primary N) is 1. The molecule has 1 unspecified atom stereocenters. The number of piperidine rings is 1. The average molecular weight is 214 g/mol. The lowest BCUT2D eigenvalue weighted by molar-refractivity contribution is -0.137. The molecule has 0 aromatic carbocycles. The summed E-state index contributed by atoms with van der Waals surface area (Å²) in [5, 5.41) is 8.47. The van der Waals surface area contributed by atoms with Crippen molar-refractivity contribution in [1.82, 2.24) is 4.90 Å². The molecule has 1 saturated heterocycles. The van der Waals surface area contributed by atoms with Crippen LogP contribution < -0.4 is 5.73 Å². The zero-order valence-corrected chi connectivity index (χ0v) is 9.32. The summed E-state index contributed by atoms with van der Waals surface area (Å²) in [4.78, 5) is 12.7. The first-order valence-electron chi connectivity index (χ1n) is 5.88. The van der Waals surface area contributed by atoms with Crippen molar-refractivity contribution in [2.75, 3.05) is 19.6 Å². The van der Waals surface area contributed by atoms with E-state index in [4.69, 9.17) is 10.8 Å². The summed E-state index contributed by atoms with van der Waals surface area (Å²) < 4.78 is 0. The number of carboxylic acid groups (broad SMARTS) is 1. The number of hydrogen-bond acceptors (Lipinski definition) is 3. The third kappa shape index (κ3) is 5.74. The predicted molar refractivity (Wildman–Crippen MR) is 59.8 cm³/mol. The third-order valence-electron chi connectivity index (χ3n) is 2.91. The van der Waals surface area contributed by atoms with Crippen molar-refractivity contribution in [3.05, 3.63) is 0 Å². The normalized spacial score (nSPS) is 22.9. The number of aliphatic carboxylic acids is 1. The zero-order valence-electron chi connectivity index (χ0n) is 9.32. The molecule has 4 heteroatoms. The maximum atomic E-state index is 10.3. The van der Waals surface area contributed by atoms with E-state index in [1.54, 1.807) is 0 Å². The summed E-state index contributed by atoms with van der Waals surface area (Å²) >= 11 is 0. The van der Waals surface area contributed by atoms with E-state index < -0.39 is 5.97 Å². The second-order valence-corrected chi connectivity index (χ2v) is 4.41. The molecule has 88 valence electrons. The highest BCUT2D eigenvalue weighted by Crippen LogP contribution is 2.10. The van der Waals surface area contributed by atoms with Crippen LogP contribution in [0, 0.1) is 0 Å². The molecule has 1 atom stereocenters. The van der Waals surface area contributed by atoms with Crippen molar-refractivity contribution in [2.24, 2.45) is 5.73 Å². The van der Waals surface area contributed by atoms with Gasteiger partial charge in [0.05, 0.1) is 0 Å². The quantitative estimate of drug-likeness (QED) is 0.649. The highest BCUT2D eigenvalue weighted by Gasteiger charge is 2.15. The van der Waals surface area contributed by atoms with Gasteiger partial charge in [-0.15, -0.1) is 0 Å². The first-order valence-corrected chi connectivity index (χ1v) is 5.88. The van der Waals surface area contributed by atoms with Crippen molar-refractivity contribution in [2.45, 2.75) is 44.6 Å². The molecular weight excluding hydrogens is 192 g/mol. The second kappa shape index (κ2) is 6.80. The molecule has 1 rings (SSSR count). The average Bonchev–Trinajstić information content (AvgIpc) is 2.17. The summed E-state index contributed by atoms with van der Waals surface area (Å²) in [6.45, 7) is 3.25. The second-order valence-electron chi connectivity index (χ2n) is 4.41. The zero-order chi connectivity index (χ0) is 11.1. The fourth-order valence-corrected chi connectivity index (χ4v) is 2.08. The minimum atomic E-state index is -0.685. The SMILES string of the molecule is NC1CCCN(CCCCCC(=O)O)C1. The van der Waals surface area contributed by atoms with E-state index in [9.17, 15) is 4.79 Å². The Morgan fingerprint density at radius 2 is 2.20 bits per heavy atom. The van der Waals surface area contributed by atoms with Crippen LogP contribution >= 0.6 is 0 Å². The lowest BCUT2D eigenvalue weighted by Crippen LogP contribution is -2.43. The topological polar surface area (TPSA) is 66.6 Å². The van der Waals surface area contributed by atoms with Crippen LogP contribution in [0.1, 0.15) is 38.5 Å². The van der Waals surface area contributed by atoms with Gasteiger partial charge >= 0.3 is 5.97 Å². The summed E-state index contributed by atoms with van der Waals surface area (Å²) in [7, 11) is 0. The molecule has 15 heavy (non-hydrogen) atoms. The smallest absolute Gasteiger partial charge is 0.303 e. The van der Waals surface area contributed by atoms with Gasteiger partial charge in [-0.3, -0.25) is 4.79 Å². The van der Waals surface area contributed by atoms with E-state index in [1.165, 1.54) is 6.42 Å². The lowest BCUT2D eigenvalue weighted by Gasteiger charge is -2.30. The standard InChI is InChI=1S/C11H22N2O2/c12-10-5-4-8-13(9-10)7-3-1-2-6-11(14)15/h10H,1-9,12H2,(H,14,15). The number of hydrogen-bond donors (Lipinski definition) is 2. The monoisotopic (exact) mass is 214 g/mol. The molecular formula is C11H22N2O2. The van der Waals surface area contributed by atoms with Crippen LogP contribution in [0.5, 0.6) is 0 Å². The number of carboxylic acids is 1. The Hall–Kier alpha value is -0.610. The molecule has 1 fully saturated rings. The highest BCUT2D eigenvalue weighted by atomic mass is 16.4. The Morgan fingerprint density at radius 1 is 1.40 bits per heavy atom. The van der Waals surface area contributed by atoms with Crippen LogP contribution in [0.25, 0.3) is 0 Å². The molecule has 1 heterocycles. The summed E-state index contributed by atoms with van der Waals surface area (Å²) in [5.74, 6) is -0.685. The Bertz CT molecular complexity index is 197. The maximum absolute atomic E-state index is 10.3. The largest absolute Gasteiger partial charge is 0.481 e. The Kier molecular flexibility index (Phi) is 5.65. The lowest BCUT2D eigenvalue weighted by atomic mass is 10.1. The van der Waals surface area contributed by atoms with E-state index in [0.717, 1.165) is 45.3 Å². The molecule has 0 saturated carbocycles. The molecule has 4 nitrogen and oxygen atoms in total. The van der Waals surface area contributed by atoms with Crippen molar-refractivity contribution in [1.29, 1.82) is 0 Å². The van der Waals surface area contributed by atoms with Gasteiger partial charge in [0.25, 0.3) is 0 Å². The van der Waals surface area contributed by atoms with Crippen LogP contribution in [-0.2, 0) is 4.79 Å². The number of carbonyl (C=O) groups is 1. The molecule has 0 amide bonds. The van der Waals surface area contributed by atoms with Gasteiger partial charge in [0, 0.05) is 19.0 Å². The van der Waals surface area contributed by atoms with Gasteiger partial charge < -0.3 is 15.7 Å². The van der Waals surface area contributed by atoms with Crippen LogP contribution in [0.3, 0.4) is 0 Å². The van der Waals surface area contributed by atoms with Crippen LogP contribution in [-0.4, -0.2) is 41.7 Å². The van der Waals surface area contributed by atoms with Gasteiger partial charge in [-0.1, -0.05) is 6.42 Å². The van der Waals surface area contributed by atoms with Crippen molar-refractivity contribution < 1.29 is 9.90 Å². The molecule has 0 aromatic heterocycles. The van der Waals surface area contributed by atoms with Gasteiger partial charge in [-0.25, -0.2) is 0 Å². The third-order valence-corrected chi connectivity index (χ3v) is 2.91. The van der Waals surface area contributed by atoms with E-state index in [2.05, 4.69) is 4.90 Å². The number of rotatable bonds is 6. The van der Waals surface area contributed by atoms with E-state index in [0.29, 0.717) is 12.5 Å². The molecule has 0 aliphatic carbocycles. The van der Waals surface area contributed by atoms with Gasteiger partial charge in [0.15, 0.2) is 0 Å².